The first-order valence-electron chi connectivity index (χ1n) is 10.6. The number of likely N-dealkylation sites (tertiary alicyclic amines) is 2. The maximum atomic E-state index is 13.6. The first kappa shape index (κ1) is 20.8. The molecule has 0 N–H and O–H groups in total. The van der Waals surface area contributed by atoms with E-state index in [0.717, 1.165) is 62.3 Å². The van der Waals surface area contributed by atoms with Crippen LogP contribution in [0.1, 0.15) is 35.2 Å². The molecule has 2 heterocycles. The van der Waals surface area contributed by atoms with Crippen molar-refractivity contribution in [1.29, 1.82) is 0 Å². The SMILES string of the molecule is CN(C)c1cccc(C(=O)N2CC[C@]3(CCCN(Cc4ccc(F)c(F)c4)C3)C2)c1. The largest absolute Gasteiger partial charge is 0.378 e. The lowest BCUT2D eigenvalue weighted by molar-refractivity contribution is 0.0675. The molecule has 2 aliphatic heterocycles. The second-order valence-corrected chi connectivity index (χ2v) is 8.98. The minimum atomic E-state index is -0.808. The molecule has 0 saturated carbocycles. The summed E-state index contributed by atoms with van der Waals surface area (Å²) in [6.45, 7) is 3.96. The minimum Gasteiger partial charge on any atom is -0.378 e. The Labute approximate surface area is 177 Å². The van der Waals surface area contributed by atoms with Gasteiger partial charge in [-0.3, -0.25) is 9.69 Å². The van der Waals surface area contributed by atoms with Gasteiger partial charge in [-0.1, -0.05) is 12.1 Å². The molecule has 30 heavy (non-hydrogen) atoms. The van der Waals surface area contributed by atoms with Gasteiger partial charge in [-0.2, -0.15) is 0 Å². The van der Waals surface area contributed by atoms with Crippen LogP contribution in [0.3, 0.4) is 0 Å². The van der Waals surface area contributed by atoms with E-state index in [2.05, 4.69) is 4.90 Å². The van der Waals surface area contributed by atoms with Crippen molar-refractivity contribution in [2.45, 2.75) is 25.8 Å². The minimum absolute atomic E-state index is 0.0889. The topological polar surface area (TPSA) is 26.8 Å². The highest BCUT2D eigenvalue weighted by atomic mass is 19.2. The Morgan fingerprint density at radius 2 is 1.87 bits per heavy atom. The first-order valence-corrected chi connectivity index (χ1v) is 10.6. The maximum Gasteiger partial charge on any atom is 0.253 e. The van der Waals surface area contributed by atoms with Crippen LogP contribution in [0.4, 0.5) is 14.5 Å². The summed E-state index contributed by atoms with van der Waals surface area (Å²) in [6.07, 6.45) is 3.14. The normalized spacial score (nSPS) is 21.9. The molecule has 0 bridgehead atoms. The standard InChI is InChI=1S/C24H29F2N3O/c1-27(2)20-6-3-5-19(14-20)23(30)29-12-10-24(17-29)9-4-11-28(16-24)15-18-7-8-21(25)22(26)13-18/h3,5-8,13-14H,4,9-12,15-17H2,1-2H3/t24-/m0/s1. The van der Waals surface area contributed by atoms with Crippen molar-refractivity contribution in [2.75, 3.05) is 45.2 Å². The molecule has 1 spiro atoms. The number of piperidine rings is 1. The van der Waals surface area contributed by atoms with Crippen LogP contribution in [0.5, 0.6) is 0 Å². The molecule has 4 rings (SSSR count). The van der Waals surface area contributed by atoms with Gasteiger partial charge in [0.25, 0.3) is 5.91 Å². The highest BCUT2D eigenvalue weighted by Gasteiger charge is 2.42. The number of hydrogen-bond acceptors (Lipinski definition) is 3. The second-order valence-electron chi connectivity index (χ2n) is 8.98. The molecule has 2 aromatic rings. The van der Waals surface area contributed by atoms with Crippen LogP contribution >= 0.6 is 0 Å². The fraction of sp³-hybridized carbons (Fsp3) is 0.458. The van der Waals surface area contributed by atoms with Gasteiger partial charge in [0.15, 0.2) is 11.6 Å². The Hall–Kier alpha value is -2.47. The molecule has 0 aromatic heterocycles. The predicted octanol–water partition coefficient (Wildman–Crippen LogP) is 4.16. The summed E-state index contributed by atoms with van der Waals surface area (Å²) in [6, 6.07) is 11.9. The van der Waals surface area contributed by atoms with Crippen LogP contribution in [0.2, 0.25) is 0 Å². The van der Waals surface area contributed by atoms with Gasteiger partial charge >= 0.3 is 0 Å². The fourth-order valence-electron chi connectivity index (χ4n) is 4.88. The summed E-state index contributed by atoms with van der Waals surface area (Å²) in [5.41, 5.74) is 2.63. The van der Waals surface area contributed by atoms with Crippen molar-refractivity contribution in [1.82, 2.24) is 9.80 Å². The Balaban J connectivity index is 1.42. The van der Waals surface area contributed by atoms with E-state index in [1.807, 2.05) is 48.2 Å². The molecule has 0 unspecified atom stereocenters. The molecule has 1 atom stereocenters. The van der Waals surface area contributed by atoms with Crippen molar-refractivity contribution in [3.05, 3.63) is 65.2 Å². The molecule has 2 aromatic carbocycles. The monoisotopic (exact) mass is 413 g/mol. The number of halogens is 2. The molecule has 0 aliphatic carbocycles. The smallest absolute Gasteiger partial charge is 0.253 e. The third kappa shape index (κ3) is 4.33. The molecule has 2 saturated heterocycles. The van der Waals surface area contributed by atoms with Gasteiger partial charge in [0, 0.05) is 56.9 Å². The molecule has 4 nitrogen and oxygen atoms in total. The first-order chi connectivity index (χ1) is 14.3. The van der Waals surface area contributed by atoms with E-state index in [-0.39, 0.29) is 11.3 Å². The number of rotatable bonds is 4. The highest BCUT2D eigenvalue weighted by Crippen LogP contribution is 2.40. The van der Waals surface area contributed by atoms with Crippen LogP contribution in [-0.2, 0) is 6.54 Å². The molecule has 0 radical (unpaired) electrons. The summed E-state index contributed by atoms with van der Waals surface area (Å²) in [5, 5.41) is 0. The average Bonchev–Trinajstić information content (AvgIpc) is 3.13. The van der Waals surface area contributed by atoms with Crippen LogP contribution in [0.25, 0.3) is 0 Å². The fourth-order valence-corrected chi connectivity index (χ4v) is 4.88. The van der Waals surface area contributed by atoms with E-state index in [9.17, 15) is 13.6 Å². The molecule has 1 amide bonds. The van der Waals surface area contributed by atoms with Gasteiger partial charge in [0.1, 0.15) is 0 Å². The Bertz CT molecular complexity index is 932. The van der Waals surface area contributed by atoms with Gasteiger partial charge in [-0.15, -0.1) is 0 Å². The number of nitrogens with zero attached hydrogens (tertiary/aromatic N) is 3. The number of carbonyl (C=O) groups is 1. The van der Waals surface area contributed by atoms with Crippen molar-refractivity contribution in [2.24, 2.45) is 5.41 Å². The third-order valence-electron chi connectivity index (χ3n) is 6.47. The van der Waals surface area contributed by atoms with Gasteiger partial charge in [0.2, 0.25) is 0 Å². The van der Waals surface area contributed by atoms with E-state index in [1.54, 1.807) is 6.07 Å². The van der Waals surface area contributed by atoms with Gasteiger partial charge < -0.3 is 9.80 Å². The van der Waals surface area contributed by atoms with Gasteiger partial charge in [0.05, 0.1) is 0 Å². The van der Waals surface area contributed by atoms with E-state index >= 15 is 0 Å². The number of benzene rings is 2. The maximum absolute atomic E-state index is 13.6. The van der Waals surface area contributed by atoms with E-state index in [0.29, 0.717) is 6.54 Å². The molecule has 6 heteroatoms. The lowest BCUT2D eigenvalue weighted by Gasteiger charge is -2.40. The molecular formula is C24H29F2N3O. The van der Waals surface area contributed by atoms with Crippen molar-refractivity contribution in [3.63, 3.8) is 0 Å². The molecule has 2 fully saturated rings. The van der Waals surface area contributed by atoms with Crippen molar-refractivity contribution in [3.8, 4) is 0 Å². The quantitative estimate of drug-likeness (QED) is 0.753. The summed E-state index contributed by atoms with van der Waals surface area (Å²) < 4.78 is 26.8. The van der Waals surface area contributed by atoms with Crippen LogP contribution in [0, 0.1) is 17.0 Å². The lowest BCUT2D eigenvalue weighted by atomic mass is 9.79. The number of carbonyl (C=O) groups excluding carboxylic acids is 1. The summed E-state index contributed by atoms with van der Waals surface area (Å²) in [4.78, 5) is 19.4. The summed E-state index contributed by atoms with van der Waals surface area (Å²) in [7, 11) is 3.94. The van der Waals surface area contributed by atoms with Crippen molar-refractivity contribution < 1.29 is 13.6 Å². The zero-order valence-corrected chi connectivity index (χ0v) is 17.7. The number of hydrogen-bond donors (Lipinski definition) is 0. The second kappa shape index (κ2) is 8.34. The zero-order chi connectivity index (χ0) is 21.3. The molecule has 2 aliphatic rings. The van der Waals surface area contributed by atoms with Gasteiger partial charge in [-0.05, 0) is 61.7 Å². The average molecular weight is 414 g/mol. The Morgan fingerprint density at radius 3 is 2.63 bits per heavy atom. The van der Waals surface area contributed by atoms with Gasteiger partial charge in [-0.25, -0.2) is 8.78 Å². The van der Waals surface area contributed by atoms with E-state index in [1.165, 1.54) is 12.1 Å². The predicted molar refractivity (Wildman–Crippen MR) is 115 cm³/mol. The van der Waals surface area contributed by atoms with E-state index < -0.39 is 11.6 Å². The molecular weight excluding hydrogens is 384 g/mol. The van der Waals surface area contributed by atoms with Crippen molar-refractivity contribution >= 4 is 11.6 Å². The van der Waals surface area contributed by atoms with Crippen LogP contribution in [-0.4, -0.2) is 56.0 Å². The number of amides is 1. The number of anilines is 1. The summed E-state index contributed by atoms with van der Waals surface area (Å²) in [5.74, 6) is -1.51. The molecule has 160 valence electrons. The van der Waals surface area contributed by atoms with Crippen LogP contribution < -0.4 is 4.90 Å². The van der Waals surface area contributed by atoms with E-state index in [4.69, 9.17) is 0 Å². The Kier molecular flexibility index (Phi) is 5.78. The zero-order valence-electron chi connectivity index (χ0n) is 17.7. The Morgan fingerprint density at radius 1 is 1.03 bits per heavy atom. The summed E-state index contributed by atoms with van der Waals surface area (Å²) >= 11 is 0. The third-order valence-corrected chi connectivity index (χ3v) is 6.47. The van der Waals surface area contributed by atoms with Crippen LogP contribution in [0.15, 0.2) is 42.5 Å². The highest BCUT2D eigenvalue weighted by molar-refractivity contribution is 5.95. The lowest BCUT2D eigenvalue weighted by Crippen LogP contribution is -2.45.